The van der Waals surface area contributed by atoms with E-state index >= 15 is 0 Å². The minimum absolute atomic E-state index is 0.685. The van der Waals surface area contributed by atoms with Gasteiger partial charge >= 0.3 is 0 Å². The van der Waals surface area contributed by atoms with Crippen molar-refractivity contribution in [3.8, 4) is 0 Å². The third-order valence-electron chi connectivity index (χ3n) is 2.84. The molecule has 0 aromatic heterocycles. The fraction of sp³-hybridized carbons (Fsp3) is 0.538. The Morgan fingerprint density at radius 3 is 2.62 bits per heavy atom. The molecule has 0 bridgehead atoms. The quantitative estimate of drug-likeness (QED) is 0.837. The zero-order valence-corrected chi connectivity index (χ0v) is 11.9. The van der Waals surface area contributed by atoms with Gasteiger partial charge in [-0.3, -0.25) is 0 Å². The lowest BCUT2D eigenvalue weighted by atomic mass is 10.1. The molecule has 0 amide bonds. The SMILES string of the molecule is CCC(CNC)CNc1ccc(C)c(Br)c1. The lowest BCUT2D eigenvalue weighted by Crippen LogP contribution is -2.24. The molecule has 1 atom stereocenters. The highest BCUT2D eigenvalue weighted by Gasteiger charge is 2.04. The van der Waals surface area contributed by atoms with E-state index < -0.39 is 0 Å². The van der Waals surface area contributed by atoms with Crippen molar-refractivity contribution in [3.05, 3.63) is 28.2 Å². The van der Waals surface area contributed by atoms with Crippen molar-refractivity contribution in [1.82, 2.24) is 5.32 Å². The lowest BCUT2D eigenvalue weighted by Gasteiger charge is -2.16. The van der Waals surface area contributed by atoms with Crippen LogP contribution in [-0.2, 0) is 0 Å². The van der Waals surface area contributed by atoms with Gasteiger partial charge in [0.1, 0.15) is 0 Å². The fourth-order valence-electron chi connectivity index (χ4n) is 1.61. The van der Waals surface area contributed by atoms with Crippen molar-refractivity contribution in [2.45, 2.75) is 20.3 Å². The molecule has 16 heavy (non-hydrogen) atoms. The Morgan fingerprint density at radius 1 is 1.31 bits per heavy atom. The molecular weight excluding hydrogens is 264 g/mol. The van der Waals surface area contributed by atoms with E-state index in [0.29, 0.717) is 5.92 Å². The van der Waals surface area contributed by atoms with Gasteiger partial charge in [0.05, 0.1) is 0 Å². The molecule has 2 N–H and O–H groups in total. The van der Waals surface area contributed by atoms with Gasteiger partial charge in [-0.05, 0) is 44.1 Å². The van der Waals surface area contributed by atoms with Crippen molar-refractivity contribution in [2.24, 2.45) is 5.92 Å². The zero-order valence-electron chi connectivity index (χ0n) is 10.3. The van der Waals surface area contributed by atoms with E-state index in [1.807, 2.05) is 7.05 Å². The second-order valence-corrected chi connectivity index (χ2v) is 5.03. The largest absolute Gasteiger partial charge is 0.385 e. The zero-order chi connectivity index (χ0) is 12.0. The smallest absolute Gasteiger partial charge is 0.0351 e. The number of rotatable bonds is 6. The van der Waals surface area contributed by atoms with Crippen LogP contribution in [0.15, 0.2) is 22.7 Å². The van der Waals surface area contributed by atoms with E-state index in [1.165, 1.54) is 22.1 Å². The molecule has 1 aromatic carbocycles. The highest BCUT2D eigenvalue weighted by molar-refractivity contribution is 9.10. The van der Waals surface area contributed by atoms with E-state index in [0.717, 1.165) is 13.1 Å². The van der Waals surface area contributed by atoms with Gasteiger partial charge in [-0.15, -0.1) is 0 Å². The molecule has 1 unspecified atom stereocenters. The maximum Gasteiger partial charge on any atom is 0.0351 e. The number of hydrogen-bond donors (Lipinski definition) is 2. The Morgan fingerprint density at radius 2 is 2.06 bits per heavy atom. The molecule has 1 rings (SSSR count). The van der Waals surface area contributed by atoms with Gasteiger partial charge in [0.25, 0.3) is 0 Å². The van der Waals surface area contributed by atoms with Crippen LogP contribution >= 0.6 is 15.9 Å². The first-order valence-corrected chi connectivity index (χ1v) is 6.61. The summed E-state index contributed by atoms with van der Waals surface area (Å²) in [5, 5.41) is 6.70. The van der Waals surface area contributed by atoms with E-state index in [-0.39, 0.29) is 0 Å². The van der Waals surface area contributed by atoms with Gasteiger partial charge in [0.15, 0.2) is 0 Å². The van der Waals surface area contributed by atoms with Gasteiger partial charge in [0.2, 0.25) is 0 Å². The summed E-state index contributed by atoms with van der Waals surface area (Å²) in [6.45, 7) is 6.42. The summed E-state index contributed by atoms with van der Waals surface area (Å²) in [6.07, 6.45) is 1.20. The molecular formula is C13H21BrN2. The minimum Gasteiger partial charge on any atom is -0.385 e. The molecule has 0 aliphatic heterocycles. The van der Waals surface area contributed by atoms with Gasteiger partial charge in [-0.2, -0.15) is 0 Å². The molecule has 0 heterocycles. The van der Waals surface area contributed by atoms with E-state index in [2.05, 4.69) is 58.6 Å². The first-order valence-electron chi connectivity index (χ1n) is 5.82. The van der Waals surface area contributed by atoms with E-state index in [1.54, 1.807) is 0 Å². The summed E-state index contributed by atoms with van der Waals surface area (Å²) in [5.41, 5.74) is 2.46. The van der Waals surface area contributed by atoms with Crippen molar-refractivity contribution >= 4 is 21.6 Å². The number of benzene rings is 1. The second-order valence-electron chi connectivity index (χ2n) is 4.18. The highest BCUT2D eigenvalue weighted by atomic mass is 79.9. The molecule has 0 aliphatic carbocycles. The molecule has 2 nitrogen and oxygen atoms in total. The van der Waals surface area contributed by atoms with Crippen molar-refractivity contribution in [3.63, 3.8) is 0 Å². The standard InChI is InChI=1S/C13H21BrN2/c1-4-11(8-15-3)9-16-12-6-5-10(2)13(14)7-12/h5-7,11,15-16H,4,8-9H2,1-3H3. The first-order chi connectivity index (χ1) is 7.67. The molecule has 1 aromatic rings. The summed E-state index contributed by atoms with van der Waals surface area (Å²) in [5.74, 6) is 0.685. The highest BCUT2D eigenvalue weighted by Crippen LogP contribution is 2.20. The van der Waals surface area contributed by atoms with Crippen LogP contribution in [0.3, 0.4) is 0 Å². The molecule has 0 fully saturated rings. The van der Waals surface area contributed by atoms with Crippen LogP contribution in [0.5, 0.6) is 0 Å². The summed E-state index contributed by atoms with van der Waals surface area (Å²) < 4.78 is 1.17. The molecule has 0 aliphatic rings. The Balaban J connectivity index is 2.50. The predicted molar refractivity (Wildman–Crippen MR) is 75.1 cm³/mol. The molecule has 0 saturated heterocycles. The van der Waals surface area contributed by atoms with Crippen molar-refractivity contribution in [2.75, 3.05) is 25.5 Å². The molecule has 90 valence electrons. The fourth-order valence-corrected chi connectivity index (χ4v) is 1.99. The summed E-state index contributed by atoms with van der Waals surface area (Å²) >= 11 is 3.55. The Kier molecular flexibility index (Phi) is 5.85. The normalized spacial score (nSPS) is 12.5. The Bertz CT molecular complexity index is 326. The third-order valence-corrected chi connectivity index (χ3v) is 3.69. The third kappa shape index (κ3) is 4.14. The lowest BCUT2D eigenvalue weighted by molar-refractivity contribution is 0.506. The van der Waals surface area contributed by atoms with Gasteiger partial charge < -0.3 is 10.6 Å². The first kappa shape index (κ1) is 13.5. The summed E-state index contributed by atoms with van der Waals surface area (Å²) in [7, 11) is 2.01. The average molecular weight is 285 g/mol. The predicted octanol–water partition coefficient (Wildman–Crippen LogP) is 3.42. The van der Waals surface area contributed by atoms with E-state index in [4.69, 9.17) is 0 Å². The number of aryl methyl sites for hydroxylation is 1. The van der Waals surface area contributed by atoms with Crippen LogP contribution in [0.2, 0.25) is 0 Å². The average Bonchev–Trinajstić information content (AvgIpc) is 2.28. The number of nitrogens with one attached hydrogen (secondary N) is 2. The Hall–Kier alpha value is -0.540. The van der Waals surface area contributed by atoms with Crippen LogP contribution in [0, 0.1) is 12.8 Å². The molecule has 3 heteroatoms. The number of halogens is 1. The number of hydrogen-bond acceptors (Lipinski definition) is 2. The maximum absolute atomic E-state index is 3.55. The van der Waals surface area contributed by atoms with Gasteiger partial charge in [-0.1, -0.05) is 35.3 Å². The van der Waals surface area contributed by atoms with E-state index in [9.17, 15) is 0 Å². The van der Waals surface area contributed by atoms with Crippen LogP contribution in [0.25, 0.3) is 0 Å². The van der Waals surface area contributed by atoms with Gasteiger partial charge in [0, 0.05) is 16.7 Å². The molecule has 0 radical (unpaired) electrons. The minimum atomic E-state index is 0.685. The van der Waals surface area contributed by atoms with Gasteiger partial charge in [-0.25, -0.2) is 0 Å². The Labute approximate surface area is 107 Å². The maximum atomic E-state index is 3.55. The summed E-state index contributed by atoms with van der Waals surface area (Å²) in [6, 6.07) is 6.40. The van der Waals surface area contributed by atoms with Crippen molar-refractivity contribution in [1.29, 1.82) is 0 Å². The van der Waals surface area contributed by atoms with Crippen LogP contribution in [0.4, 0.5) is 5.69 Å². The molecule has 0 saturated carbocycles. The summed E-state index contributed by atoms with van der Waals surface area (Å²) in [4.78, 5) is 0. The second kappa shape index (κ2) is 6.92. The van der Waals surface area contributed by atoms with Crippen LogP contribution in [-0.4, -0.2) is 20.1 Å². The van der Waals surface area contributed by atoms with Crippen LogP contribution < -0.4 is 10.6 Å². The monoisotopic (exact) mass is 284 g/mol. The molecule has 0 spiro atoms. The number of anilines is 1. The van der Waals surface area contributed by atoms with Crippen molar-refractivity contribution < 1.29 is 0 Å². The topological polar surface area (TPSA) is 24.1 Å². The van der Waals surface area contributed by atoms with Crippen LogP contribution in [0.1, 0.15) is 18.9 Å².